The smallest absolute Gasteiger partial charge is 0.0599 e. The number of piperidine rings is 1. The van der Waals surface area contributed by atoms with Crippen molar-refractivity contribution in [3.8, 4) is 0 Å². The van der Waals surface area contributed by atoms with E-state index >= 15 is 0 Å². The van der Waals surface area contributed by atoms with Crippen molar-refractivity contribution < 1.29 is 4.74 Å². The highest BCUT2D eigenvalue weighted by Gasteiger charge is 2.19. The average molecular weight is 257 g/mol. The van der Waals surface area contributed by atoms with Gasteiger partial charge in [-0.05, 0) is 38.9 Å². The molecule has 4 nitrogen and oxygen atoms in total. The normalized spacial score (nSPS) is 18.7. The lowest BCUT2D eigenvalue weighted by Crippen LogP contribution is -2.41. The molecule has 1 aliphatic heterocycles. The highest BCUT2D eigenvalue weighted by atomic mass is 16.5. The van der Waals surface area contributed by atoms with Crippen molar-refractivity contribution in [3.05, 3.63) is 0 Å². The van der Waals surface area contributed by atoms with Gasteiger partial charge in [-0.1, -0.05) is 13.8 Å². The molecule has 1 heterocycles. The highest BCUT2D eigenvalue weighted by molar-refractivity contribution is 4.73. The molecule has 1 saturated heterocycles. The Bertz CT molecular complexity index is 189. The van der Waals surface area contributed by atoms with Crippen LogP contribution in [0.15, 0.2) is 0 Å². The Kier molecular flexibility index (Phi) is 8.59. The first-order chi connectivity index (χ1) is 8.80. The zero-order valence-electron chi connectivity index (χ0n) is 12.2. The minimum atomic E-state index is 0.473. The minimum absolute atomic E-state index is 0.473. The van der Waals surface area contributed by atoms with Gasteiger partial charge in [0, 0.05) is 32.8 Å². The topological polar surface area (TPSA) is 41.7 Å². The summed E-state index contributed by atoms with van der Waals surface area (Å²) < 4.78 is 5.82. The molecule has 0 bridgehead atoms. The van der Waals surface area contributed by atoms with Gasteiger partial charge in [0.1, 0.15) is 0 Å². The van der Waals surface area contributed by atoms with Crippen molar-refractivity contribution in [2.24, 2.45) is 5.73 Å². The molecule has 1 rings (SSSR count). The van der Waals surface area contributed by atoms with E-state index in [9.17, 15) is 0 Å². The summed E-state index contributed by atoms with van der Waals surface area (Å²) in [6, 6.07) is 0. The van der Waals surface area contributed by atoms with Gasteiger partial charge in [-0.2, -0.15) is 0 Å². The Morgan fingerprint density at radius 2 is 1.89 bits per heavy atom. The van der Waals surface area contributed by atoms with E-state index in [1.165, 1.54) is 39.0 Å². The molecule has 0 aromatic rings. The van der Waals surface area contributed by atoms with Crippen molar-refractivity contribution in [2.75, 3.05) is 52.4 Å². The molecule has 1 aliphatic rings. The summed E-state index contributed by atoms with van der Waals surface area (Å²) in [6.07, 6.45) is 3.83. The maximum absolute atomic E-state index is 5.82. The van der Waals surface area contributed by atoms with E-state index in [1.54, 1.807) is 0 Å². The van der Waals surface area contributed by atoms with E-state index in [1.807, 2.05) is 0 Å². The number of hydrogen-bond acceptors (Lipinski definition) is 4. The molecule has 0 atom stereocenters. The van der Waals surface area contributed by atoms with Crippen LogP contribution in [0, 0.1) is 0 Å². The predicted molar refractivity (Wildman–Crippen MR) is 76.9 cm³/mol. The van der Waals surface area contributed by atoms with Gasteiger partial charge >= 0.3 is 0 Å². The van der Waals surface area contributed by atoms with E-state index in [0.29, 0.717) is 6.10 Å². The maximum atomic E-state index is 5.82. The first kappa shape index (κ1) is 15.9. The third kappa shape index (κ3) is 6.14. The lowest BCUT2D eigenvalue weighted by atomic mass is 10.1. The quantitative estimate of drug-likeness (QED) is 0.629. The van der Waals surface area contributed by atoms with E-state index in [0.717, 1.165) is 32.7 Å². The molecule has 0 aromatic heterocycles. The molecule has 0 aliphatic carbocycles. The van der Waals surface area contributed by atoms with Crippen LogP contribution >= 0.6 is 0 Å². The molecule has 0 amide bonds. The van der Waals surface area contributed by atoms with Gasteiger partial charge in [0.2, 0.25) is 0 Å². The number of rotatable bonds is 9. The second-order valence-electron chi connectivity index (χ2n) is 5.08. The van der Waals surface area contributed by atoms with Gasteiger partial charge in [-0.3, -0.25) is 0 Å². The molecular weight excluding hydrogens is 226 g/mol. The van der Waals surface area contributed by atoms with Crippen molar-refractivity contribution in [1.82, 2.24) is 9.80 Å². The molecule has 0 aromatic carbocycles. The number of nitrogens with zero attached hydrogens (tertiary/aromatic N) is 2. The van der Waals surface area contributed by atoms with Gasteiger partial charge in [-0.25, -0.2) is 0 Å². The third-order valence-electron chi connectivity index (χ3n) is 3.86. The standard InChI is InChI=1S/C14H31N3O/c1-3-16(4-2)11-12-17-9-6-14(7-10-17)18-13-5-8-15/h14H,3-13,15H2,1-2H3. The van der Waals surface area contributed by atoms with Gasteiger partial charge < -0.3 is 20.3 Å². The molecule has 0 unspecified atom stereocenters. The lowest BCUT2D eigenvalue weighted by molar-refractivity contribution is 0.00584. The molecule has 18 heavy (non-hydrogen) atoms. The van der Waals surface area contributed by atoms with E-state index in [4.69, 9.17) is 10.5 Å². The van der Waals surface area contributed by atoms with Crippen LogP contribution in [0.2, 0.25) is 0 Å². The summed E-state index contributed by atoms with van der Waals surface area (Å²) in [5.41, 5.74) is 5.47. The van der Waals surface area contributed by atoms with Crippen LogP contribution in [0.1, 0.15) is 33.1 Å². The molecule has 0 saturated carbocycles. The summed E-state index contributed by atoms with van der Waals surface area (Å²) >= 11 is 0. The fourth-order valence-corrected chi connectivity index (χ4v) is 2.46. The maximum Gasteiger partial charge on any atom is 0.0599 e. The van der Waals surface area contributed by atoms with E-state index in [2.05, 4.69) is 23.6 Å². The molecule has 4 heteroatoms. The Labute approximate surface area is 112 Å². The van der Waals surface area contributed by atoms with Crippen molar-refractivity contribution in [3.63, 3.8) is 0 Å². The Hall–Kier alpha value is -0.160. The molecule has 108 valence electrons. The summed E-state index contributed by atoms with van der Waals surface area (Å²) in [5, 5.41) is 0. The Balaban J connectivity index is 2.07. The number of nitrogens with two attached hydrogens (primary N) is 1. The lowest BCUT2D eigenvalue weighted by Gasteiger charge is -2.33. The zero-order valence-corrected chi connectivity index (χ0v) is 12.2. The highest BCUT2D eigenvalue weighted by Crippen LogP contribution is 2.13. The molecule has 2 N–H and O–H groups in total. The predicted octanol–water partition coefficient (Wildman–Crippen LogP) is 1.16. The summed E-state index contributed by atoms with van der Waals surface area (Å²) in [7, 11) is 0. The zero-order chi connectivity index (χ0) is 13.2. The fraction of sp³-hybridized carbons (Fsp3) is 1.00. The van der Waals surface area contributed by atoms with Gasteiger partial charge in [0.15, 0.2) is 0 Å². The second-order valence-corrected chi connectivity index (χ2v) is 5.08. The molecular formula is C14H31N3O. The summed E-state index contributed by atoms with van der Waals surface area (Å²) in [4.78, 5) is 5.06. The number of hydrogen-bond donors (Lipinski definition) is 1. The van der Waals surface area contributed by atoms with Crippen molar-refractivity contribution in [2.45, 2.75) is 39.2 Å². The van der Waals surface area contributed by atoms with E-state index < -0.39 is 0 Å². The largest absolute Gasteiger partial charge is 0.378 e. The number of ether oxygens (including phenoxy) is 1. The minimum Gasteiger partial charge on any atom is -0.378 e. The van der Waals surface area contributed by atoms with Crippen molar-refractivity contribution >= 4 is 0 Å². The van der Waals surface area contributed by atoms with Crippen LogP contribution in [0.4, 0.5) is 0 Å². The van der Waals surface area contributed by atoms with Gasteiger partial charge in [-0.15, -0.1) is 0 Å². The molecule has 0 spiro atoms. The first-order valence-electron chi connectivity index (χ1n) is 7.56. The number of likely N-dealkylation sites (N-methyl/N-ethyl adjacent to an activating group) is 1. The number of likely N-dealkylation sites (tertiary alicyclic amines) is 1. The second kappa shape index (κ2) is 9.73. The van der Waals surface area contributed by atoms with Crippen LogP contribution in [-0.2, 0) is 4.74 Å². The van der Waals surface area contributed by atoms with Crippen LogP contribution in [-0.4, -0.2) is 68.3 Å². The van der Waals surface area contributed by atoms with Crippen LogP contribution in [0.25, 0.3) is 0 Å². The van der Waals surface area contributed by atoms with Crippen LogP contribution in [0.5, 0.6) is 0 Å². The van der Waals surface area contributed by atoms with Crippen LogP contribution in [0.3, 0.4) is 0 Å². The Morgan fingerprint density at radius 1 is 1.22 bits per heavy atom. The van der Waals surface area contributed by atoms with Gasteiger partial charge in [0.25, 0.3) is 0 Å². The summed E-state index contributed by atoms with van der Waals surface area (Å²) in [5.74, 6) is 0. The van der Waals surface area contributed by atoms with Crippen molar-refractivity contribution in [1.29, 1.82) is 0 Å². The fourth-order valence-electron chi connectivity index (χ4n) is 2.46. The van der Waals surface area contributed by atoms with Crippen LogP contribution < -0.4 is 5.73 Å². The molecule has 1 fully saturated rings. The molecule has 0 radical (unpaired) electrons. The van der Waals surface area contributed by atoms with E-state index in [-0.39, 0.29) is 0 Å². The summed E-state index contributed by atoms with van der Waals surface area (Å²) in [6.45, 7) is 13.2. The monoisotopic (exact) mass is 257 g/mol. The Morgan fingerprint density at radius 3 is 2.44 bits per heavy atom. The van der Waals surface area contributed by atoms with Gasteiger partial charge in [0.05, 0.1) is 6.10 Å². The SMILES string of the molecule is CCN(CC)CCN1CCC(OCCCN)CC1. The first-order valence-corrected chi connectivity index (χ1v) is 7.56. The average Bonchev–Trinajstić information content (AvgIpc) is 2.42. The third-order valence-corrected chi connectivity index (χ3v) is 3.86.